The van der Waals surface area contributed by atoms with Crippen LogP contribution in [0.2, 0.25) is 0 Å². The van der Waals surface area contributed by atoms with Crippen LogP contribution >= 0.6 is 0 Å². The van der Waals surface area contributed by atoms with Crippen LogP contribution in [0, 0.1) is 0 Å². The lowest BCUT2D eigenvalue weighted by Crippen LogP contribution is -2.04. The van der Waals surface area contributed by atoms with Crippen molar-refractivity contribution in [1.82, 2.24) is 14.5 Å². The Hall–Kier alpha value is -3.02. The predicted molar refractivity (Wildman–Crippen MR) is 90.1 cm³/mol. The monoisotopic (exact) mass is 341 g/mol. The Morgan fingerprint density at radius 1 is 1.00 bits per heavy atom. The van der Waals surface area contributed by atoms with E-state index in [9.17, 15) is 13.2 Å². The molecule has 0 unspecified atom stereocenters. The fourth-order valence-corrected chi connectivity index (χ4v) is 2.92. The van der Waals surface area contributed by atoms with Gasteiger partial charge < -0.3 is 9.55 Å². The number of nitrogens with one attached hydrogen (secondary N) is 1. The van der Waals surface area contributed by atoms with Crippen molar-refractivity contribution in [2.75, 3.05) is 0 Å². The van der Waals surface area contributed by atoms with E-state index in [0.29, 0.717) is 6.54 Å². The average molecular weight is 341 g/mol. The highest BCUT2D eigenvalue weighted by Crippen LogP contribution is 2.31. The smallest absolute Gasteiger partial charge is 0.345 e. The third-order valence-electron chi connectivity index (χ3n) is 4.18. The van der Waals surface area contributed by atoms with Crippen molar-refractivity contribution in [3.8, 4) is 11.3 Å². The fourth-order valence-electron chi connectivity index (χ4n) is 2.92. The Labute approximate surface area is 141 Å². The molecule has 0 saturated carbocycles. The molecule has 0 atom stereocenters. The largest absolute Gasteiger partial charge is 0.416 e. The minimum Gasteiger partial charge on any atom is -0.345 e. The Balaban J connectivity index is 1.64. The number of benzene rings is 2. The molecular formula is C19H14F3N3. The summed E-state index contributed by atoms with van der Waals surface area (Å²) in [6, 6.07) is 15.0. The lowest BCUT2D eigenvalue weighted by molar-refractivity contribution is -0.137. The van der Waals surface area contributed by atoms with E-state index in [2.05, 4.69) is 9.97 Å². The maximum absolute atomic E-state index is 12.7. The molecule has 0 radical (unpaired) electrons. The number of imidazole rings is 1. The highest BCUT2D eigenvalue weighted by atomic mass is 19.4. The summed E-state index contributed by atoms with van der Waals surface area (Å²) >= 11 is 0. The van der Waals surface area contributed by atoms with Gasteiger partial charge in [-0.2, -0.15) is 13.2 Å². The summed E-state index contributed by atoms with van der Waals surface area (Å²) in [6.45, 7) is 0.617. The van der Waals surface area contributed by atoms with Crippen LogP contribution in [0.1, 0.15) is 11.1 Å². The van der Waals surface area contributed by atoms with Crippen molar-refractivity contribution < 1.29 is 13.2 Å². The fraction of sp³-hybridized carbons (Fsp3) is 0.105. The average Bonchev–Trinajstić information content (AvgIpc) is 3.23. The van der Waals surface area contributed by atoms with E-state index in [4.69, 9.17) is 0 Å². The molecule has 0 saturated heterocycles. The molecule has 1 N–H and O–H groups in total. The number of fused-ring (bicyclic) bond motifs is 1. The minimum absolute atomic E-state index is 0.617. The number of aromatic amines is 1. The lowest BCUT2D eigenvalue weighted by Gasteiger charge is -2.11. The Kier molecular flexibility index (Phi) is 3.60. The molecular weight excluding hydrogens is 327 g/mol. The molecule has 0 amide bonds. The second-order valence-corrected chi connectivity index (χ2v) is 5.85. The number of nitrogens with zero attached hydrogens (tertiary/aromatic N) is 2. The van der Waals surface area contributed by atoms with Crippen molar-refractivity contribution in [3.05, 3.63) is 78.2 Å². The second kappa shape index (κ2) is 5.81. The summed E-state index contributed by atoms with van der Waals surface area (Å²) in [5, 5.41) is 0. The van der Waals surface area contributed by atoms with Crippen LogP contribution in [0.5, 0.6) is 0 Å². The number of hydrogen-bond acceptors (Lipinski definition) is 1. The number of rotatable bonds is 3. The van der Waals surface area contributed by atoms with E-state index < -0.39 is 11.7 Å². The maximum Gasteiger partial charge on any atom is 0.416 e. The highest BCUT2D eigenvalue weighted by Gasteiger charge is 2.30. The second-order valence-electron chi connectivity index (χ2n) is 5.85. The third-order valence-corrected chi connectivity index (χ3v) is 4.18. The van der Waals surface area contributed by atoms with Crippen LogP contribution in [0.25, 0.3) is 22.3 Å². The minimum atomic E-state index is -4.32. The zero-order chi connectivity index (χ0) is 17.4. The summed E-state index contributed by atoms with van der Waals surface area (Å²) in [7, 11) is 0. The first-order chi connectivity index (χ1) is 12.0. The van der Waals surface area contributed by atoms with Gasteiger partial charge in [-0.1, -0.05) is 18.2 Å². The summed E-state index contributed by atoms with van der Waals surface area (Å²) < 4.78 is 40.2. The Bertz CT molecular complexity index is 1010. The van der Waals surface area contributed by atoms with E-state index in [-0.39, 0.29) is 0 Å². The van der Waals surface area contributed by atoms with E-state index >= 15 is 0 Å². The standard InChI is InChI=1S/C19H14F3N3/c20-19(21,22)15-6-4-14(5-7-15)18-2-1-9-25(18)11-13-3-8-16-17(10-13)24-12-23-16/h1-10,12H,11H2,(H,23,24). The van der Waals surface area contributed by atoms with Crippen molar-refractivity contribution in [3.63, 3.8) is 0 Å². The summed E-state index contributed by atoms with van der Waals surface area (Å²) in [4.78, 5) is 7.30. The van der Waals surface area contributed by atoms with Crippen LogP contribution in [-0.2, 0) is 12.7 Å². The van der Waals surface area contributed by atoms with Gasteiger partial charge in [0.2, 0.25) is 0 Å². The highest BCUT2D eigenvalue weighted by molar-refractivity contribution is 5.75. The summed E-state index contributed by atoms with van der Waals surface area (Å²) in [6.07, 6.45) is -0.751. The molecule has 0 aliphatic rings. The Morgan fingerprint density at radius 3 is 2.56 bits per heavy atom. The van der Waals surface area contributed by atoms with Gasteiger partial charge in [0, 0.05) is 18.4 Å². The van der Waals surface area contributed by atoms with E-state index in [1.807, 2.05) is 41.1 Å². The first kappa shape index (κ1) is 15.5. The molecule has 126 valence electrons. The van der Waals surface area contributed by atoms with Gasteiger partial charge in [0.1, 0.15) is 0 Å². The van der Waals surface area contributed by atoms with Gasteiger partial charge in [-0.25, -0.2) is 4.98 Å². The molecule has 25 heavy (non-hydrogen) atoms. The molecule has 2 aromatic heterocycles. The number of H-pyrrole nitrogens is 1. The van der Waals surface area contributed by atoms with Crippen LogP contribution in [0.15, 0.2) is 67.1 Å². The van der Waals surface area contributed by atoms with Crippen molar-refractivity contribution in [2.45, 2.75) is 12.7 Å². The molecule has 0 aliphatic heterocycles. The molecule has 4 rings (SSSR count). The summed E-state index contributed by atoms with van der Waals surface area (Å²) in [5.74, 6) is 0. The van der Waals surface area contributed by atoms with Crippen molar-refractivity contribution >= 4 is 11.0 Å². The normalized spacial score (nSPS) is 12.0. The van der Waals surface area contributed by atoms with Gasteiger partial charge in [0.15, 0.2) is 0 Å². The quantitative estimate of drug-likeness (QED) is 0.553. The first-order valence-corrected chi connectivity index (χ1v) is 7.75. The molecule has 2 heterocycles. The number of alkyl halides is 3. The van der Waals surface area contributed by atoms with Crippen molar-refractivity contribution in [2.24, 2.45) is 0 Å². The molecule has 0 aliphatic carbocycles. The zero-order valence-corrected chi connectivity index (χ0v) is 13.1. The summed E-state index contributed by atoms with van der Waals surface area (Å²) in [5.41, 5.74) is 3.91. The predicted octanol–water partition coefficient (Wildman–Crippen LogP) is 5.10. The van der Waals surface area contributed by atoms with Crippen LogP contribution < -0.4 is 0 Å². The molecule has 0 fully saturated rings. The maximum atomic E-state index is 12.7. The van der Waals surface area contributed by atoms with Gasteiger partial charge in [-0.3, -0.25) is 0 Å². The molecule has 4 aromatic rings. The molecule has 6 heteroatoms. The molecule has 0 spiro atoms. The molecule has 3 nitrogen and oxygen atoms in total. The lowest BCUT2D eigenvalue weighted by atomic mass is 10.1. The third kappa shape index (κ3) is 3.03. The van der Waals surface area contributed by atoms with Gasteiger partial charge >= 0.3 is 6.18 Å². The van der Waals surface area contributed by atoms with Crippen molar-refractivity contribution in [1.29, 1.82) is 0 Å². The van der Waals surface area contributed by atoms with Crippen LogP contribution in [-0.4, -0.2) is 14.5 Å². The van der Waals surface area contributed by atoms with Crippen LogP contribution in [0.4, 0.5) is 13.2 Å². The van der Waals surface area contributed by atoms with Gasteiger partial charge in [-0.15, -0.1) is 0 Å². The Morgan fingerprint density at radius 2 is 1.80 bits per heavy atom. The number of hydrogen-bond donors (Lipinski definition) is 1. The van der Waals surface area contributed by atoms with E-state index in [1.165, 1.54) is 12.1 Å². The molecule has 2 aromatic carbocycles. The van der Waals surface area contributed by atoms with Gasteiger partial charge in [0.05, 0.1) is 22.9 Å². The topological polar surface area (TPSA) is 33.6 Å². The van der Waals surface area contributed by atoms with Crippen LogP contribution in [0.3, 0.4) is 0 Å². The first-order valence-electron chi connectivity index (χ1n) is 7.75. The SMILES string of the molecule is FC(F)(F)c1ccc(-c2cccn2Cc2ccc3[nH]cnc3c2)cc1. The van der Waals surface area contributed by atoms with E-state index in [1.54, 1.807) is 6.33 Å². The van der Waals surface area contributed by atoms with Gasteiger partial charge in [-0.05, 0) is 47.5 Å². The zero-order valence-electron chi connectivity index (χ0n) is 13.1. The van der Waals surface area contributed by atoms with E-state index in [0.717, 1.165) is 40.0 Å². The molecule has 0 bridgehead atoms. The van der Waals surface area contributed by atoms with Gasteiger partial charge in [0.25, 0.3) is 0 Å². The number of aromatic nitrogens is 3. The number of halogens is 3.